The maximum atomic E-state index is 12.0. The second-order valence-corrected chi connectivity index (χ2v) is 4.13. The molecule has 1 heterocycles. The van der Waals surface area contributed by atoms with E-state index in [-0.39, 0.29) is 17.1 Å². The molecule has 1 aromatic heterocycles. The molecule has 2 N–H and O–H groups in total. The molecule has 0 spiro atoms. The van der Waals surface area contributed by atoms with Crippen LogP contribution in [0.1, 0.15) is 21.5 Å². The first-order valence-corrected chi connectivity index (χ1v) is 5.56. The number of aromatic nitrogens is 2. The highest BCUT2D eigenvalue weighted by Crippen LogP contribution is 2.19. The predicted molar refractivity (Wildman–Crippen MR) is 68.7 cm³/mol. The van der Waals surface area contributed by atoms with E-state index < -0.39 is 5.91 Å². The van der Waals surface area contributed by atoms with E-state index >= 15 is 0 Å². The van der Waals surface area contributed by atoms with Gasteiger partial charge in [0, 0.05) is 18.8 Å². The predicted octanol–water partition coefficient (Wildman–Crippen LogP) is 1.56. The van der Waals surface area contributed by atoms with E-state index in [1.165, 1.54) is 16.9 Å². The van der Waals surface area contributed by atoms with E-state index in [1.807, 2.05) is 6.07 Å². The lowest BCUT2D eigenvalue weighted by atomic mass is 10.1. The Hall–Kier alpha value is -2.81. The summed E-state index contributed by atoms with van der Waals surface area (Å²) < 4.78 is 1.45. The normalized spacial score (nSPS) is 9.95. The van der Waals surface area contributed by atoms with E-state index in [1.54, 1.807) is 26.1 Å². The minimum Gasteiger partial charge on any atom is -0.508 e. The second kappa shape index (κ2) is 4.82. The minimum absolute atomic E-state index is 0.0502. The summed E-state index contributed by atoms with van der Waals surface area (Å²) in [6, 6.07) is 6.56. The highest BCUT2D eigenvalue weighted by atomic mass is 16.3. The summed E-state index contributed by atoms with van der Waals surface area (Å²) in [5, 5.41) is 25.0. The molecule has 0 aliphatic heterocycles. The van der Waals surface area contributed by atoms with Crippen molar-refractivity contribution in [2.45, 2.75) is 6.92 Å². The molecule has 0 radical (unpaired) electrons. The SMILES string of the molecule is Cc1ccc(C(=O)Nc2nn(C)cc2C#N)cc1O. The van der Waals surface area contributed by atoms with Gasteiger partial charge in [-0.3, -0.25) is 9.48 Å². The van der Waals surface area contributed by atoms with Crippen LogP contribution in [0.5, 0.6) is 5.75 Å². The van der Waals surface area contributed by atoms with Gasteiger partial charge in [0.05, 0.1) is 0 Å². The third kappa shape index (κ3) is 2.55. The van der Waals surface area contributed by atoms with Gasteiger partial charge in [0.1, 0.15) is 17.4 Å². The van der Waals surface area contributed by atoms with E-state index in [0.717, 1.165) is 0 Å². The number of aromatic hydroxyl groups is 1. The third-order valence-electron chi connectivity index (χ3n) is 2.65. The standard InChI is InChI=1S/C13H12N4O2/c1-8-3-4-9(5-11(8)18)13(19)15-12-10(6-14)7-17(2)16-12/h3-5,7,18H,1-2H3,(H,15,16,19). The number of nitrogens with one attached hydrogen (secondary N) is 1. The maximum Gasteiger partial charge on any atom is 0.257 e. The number of aryl methyl sites for hydroxylation is 2. The Morgan fingerprint density at radius 2 is 2.26 bits per heavy atom. The van der Waals surface area contributed by atoms with E-state index in [9.17, 15) is 9.90 Å². The van der Waals surface area contributed by atoms with Crippen LogP contribution in [-0.2, 0) is 7.05 Å². The van der Waals surface area contributed by atoms with Crippen LogP contribution < -0.4 is 5.32 Å². The van der Waals surface area contributed by atoms with Gasteiger partial charge in [-0.2, -0.15) is 10.4 Å². The van der Waals surface area contributed by atoms with Crippen molar-refractivity contribution in [3.63, 3.8) is 0 Å². The van der Waals surface area contributed by atoms with Gasteiger partial charge in [-0.05, 0) is 24.6 Å². The first kappa shape index (κ1) is 12.6. The number of hydrogen-bond donors (Lipinski definition) is 2. The molecule has 0 aliphatic carbocycles. The van der Waals surface area contributed by atoms with E-state index in [4.69, 9.17) is 5.26 Å². The summed E-state index contributed by atoms with van der Waals surface area (Å²) in [4.78, 5) is 12.0. The number of carbonyl (C=O) groups is 1. The molecule has 0 unspecified atom stereocenters. The molecule has 96 valence electrons. The van der Waals surface area contributed by atoms with Gasteiger partial charge in [-0.1, -0.05) is 6.07 Å². The Kier molecular flexibility index (Phi) is 3.21. The van der Waals surface area contributed by atoms with Gasteiger partial charge in [-0.25, -0.2) is 0 Å². The number of nitrogens with zero attached hydrogens (tertiary/aromatic N) is 3. The summed E-state index contributed by atoms with van der Waals surface area (Å²) in [5.74, 6) is -0.172. The Morgan fingerprint density at radius 1 is 1.53 bits per heavy atom. The molecule has 0 saturated heterocycles. The molecule has 0 bridgehead atoms. The molecule has 0 saturated carbocycles. The number of hydrogen-bond acceptors (Lipinski definition) is 4. The van der Waals surface area contributed by atoms with E-state index in [0.29, 0.717) is 11.1 Å². The van der Waals surface area contributed by atoms with Crippen molar-refractivity contribution < 1.29 is 9.90 Å². The van der Waals surface area contributed by atoms with Gasteiger partial charge >= 0.3 is 0 Å². The van der Waals surface area contributed by atoms with Crippen molar-refractivity contribution in [3.05, 3.63) is 41.1 Å². The number of phenolic OH excluding ortho intramolecular Hbond substituents is 1. The van der Waals surface area contributed by atoms with Crippen LogP contribution in [0.25, 0.3) is 0 Å². The van der Waals surface area contributed by atoms with Gasteiger partial charge in [0.2, 0.25) is 0 Å². The Labute approximate surface area is 109 Å². The fraction of sp³-hybridized carbons (Fsp3) is 0.154. The molecule has 1 amide bonds. The van der Waals surface area contributed by atoms with Gasteiger partial charge in [0.25, 0.3) is 5.91 Å². The molecule has 19 heavy (non-hydrogen) atoms. The zero-order chi connectivity index (χ0) is 14.0. The fourth-order valence-corrected chi connectivity index (χ4v) is 1.59. The van der Waals surface area contributed by atoms with Crippen LogP contribution >= 0.6 is 0 Å². The lowest BCUT2D eigenvalue weighted by molar-refractivity contribution is 0.102. The Balaban J connectivity index is 2.26. The smallest absolute Gasteiger partial charge is 0.257 e. The monoisotopic (exact) mass is 256 g/mol. The first-order chi connectivity index (χ1) is 9.01. The van der Waals surface area contributed by atoms with Crippen molar-refractivity contribution in [1.82, 2.24) is 9.78 Å². The topological polar surface area (TPSA) is 90.9 Å². The second-order valence-electron chi connectivity index (χ2n) is 4.13. The summed E-state index contributed by atoms with van der Waals surface area (Å²) >= 11 is 0. The highest BCUT2D eigenvalue weighted by molar-refractivity contribution is 6.04. The average molecular weight is 256 g/mol. The molecule has 0 atom stereocenters. The summed E-state index contributed by atoms with van der Waals surface area (Å²) in [6.45, 7) is 1.74. The zero-order valence-electron chi connectivity index (χ0n) is 10.5. The molecular weight excluding hydrogens is 244 g/mol. The molecule has 1 aromatic carbocycles. The van der Waals surface area contributed by atoms with Crippen molar-refractivity contribution in [2.75, 3.05) is 5.32 Å². The highest BCUT2D eigenvalue weighted by Gasteiger charge is 2.13. The average Bonchev–Trinajstić information content (AvgIpc) is 2.72. The first-order valence-electron chi connectivity index (χ1n) is 5.56. The Morgan fingerprint density at radius 3 is 2.89 bits per heavy atom. The van der Waals surface area contributed by atoms with Gasteiger partial charge in [-0.15, -0.1) is 0 Å². The van der Waals surface area contributed by atoms with Crippen LogP contribution in [-0.4, -0.2) is 20.8 Å². The molecular formula is C13H12N4O2. The largest absolute Gasteiger partial charge is 0.508 e. The van der Waals surface area contributed by atoms with E-state index in [2.05, 4.69) is 10.4 Å². The van der Waals surface area contributed by atoms with Gasteiger partial charge < -0.3 is 10.4 Å². The molecule has 0 aliphatic rings. The maximum absolute atomic E-state index is 12.0. The third-order valence-corrected chi connectivity index (χ3v) is 2.65. The fourth-order valence-electron chi connectivity index (χ4n) is 1.59. The van der Waals surface area contributed by atoms with Gasteiger partial charge in [0.15, 0.2) is 5.82 Å². The number of anilines is 1. The molecule has 2 rings (SSSR count). The molecule has 6 heteroatoms. The lowest BCUT2D eigenvalue weighted by Crippen LogP contribution is -2.13. The molecule has 0 fully saturated rings. The number of nitriles is 1. The van der Waals surface area contributed by atoms with Crippen molar-refractivity contribution >= 4 is 11.7 Å². The molecule has 2 aromatic rings. The number of benzene rings is 1. The number of amides is 1. The van der Waals surface area contributed by atoms with Crippen molar-refractivity contribution in [1.29, 1.82) is 5.26 Å². The summed E-state index contributed by atoms with van der Waals surface area (Å²) in [7, 11) is 1.66. The minimum atomic E-state index is -0.425. The lowest BCUT2D eigenvalue weighted by Gasteiger charge is -2.04. The van der Waals surface area contributed by atoms with Crippen LogP contribution in [0.4, 0.5) is 5.82 Å². The van der Waals surface area contributed by atoms with Crippen molar-refractivity contribution in [3.8, 4) is 11.8 Å². The van der Waals surface area contributed by atoms with Crippen LogP contribution in [0.15, 0.2) is 24.4 Å². The zero-order valence-corrected chi connectivity index (χ0v) is 10.5. The summed E-state index contributed by atoms with van der Waals surface area (Å²) in [6.07, 6.45) is 1.52. The van der Waals surface area contributed by atoms with Crippen LogP contribution in [0, 0.1) is 18.3 Å². The number of phenols is 1. The van der Waals surface area contributed by atoms with Crippen LogP contribution in [0.3, 0.4) is 0 Å². The Bertz CT molecular complexity index is 682. The number of rotatable bonds is 2. The van der Waals surface area contributed by atoms with Crippen molar-refractivity contribution in [2.24, 2.45) is 7.05 Å². The summed E-state index contributed by atoms with van der Waals surface area (Å²) in [5.41, 5.74) is 1.27. The molecule has 6 nitrogen and oxygen atoms in total. The van der Waals surface area contributed by atoms with Crippen LogP contribution in [0.2, 0.25) is 0 Å². The number of carbonyl (C=O) groups excluding carboxylic acids is 1. The quantitative estimate of drug-likeness (QED) is 0.853.